The van der Waals surface area contributed by atoms with Crippen LogP contribution >= 0.6 is 11.3 Å². The number of likely N-dealkylation sites (tertiary alicyclic amines) is 1. The first-order chi connectivity index (χ1) is 9.84. The van der Waals surface area contributed by atoms with Crippen LogP contribution in [0.4, 0.5) is 0 Å². The van der Waals surface area contributed by atoms with Gasteiger partial charge >= 0.3 is 0 Å². The summed E-state index contributed by atoms with van der Waals surface area (Å²) >= 11 is 1.68. The minimum absolute atomic E-state index is 0.198. The summed E-state index contributed by atoms with van der Waals surface area (Å²) in [6.07, 6.45) is 4.09. The van der Waals surface area contributed by atoms with E-state index in [9.17, 15) is 4.79 Å². The van der Waals surface area contributed by atoms with E-state index in [4.69, 9.17) is 0 Å². The number of hydrogen-bond donors (Lipinski definition) is 2. The first-order valence-corrected chi connectivity index (χ1v) is 7.77. The SMILES string of the molecule is O=C(CNCc1cn[nH]c1-c1cccs1)N1CCCC1. The van der Waals surface area contributed by atoms with E-state index >= 15 is 0 Å². The van der Waals surface area contributed by atoms with Crippen molar-refractivity contribution in [1.29, 1.82) is 0 Å². The molecule has 0 radical (unpaired) electrons. The fourth-order valence-electron chi connectivity index (χ4n) is 2.46. The Balaban J connectivity index is 1.54. The van der Waals surface area contributed by atoms with E-state index in [1.165, 1.54) is 4.88 Å². The lowest BCUT2D eigenvalue weighted by atomic mass is 10.2. The van der Waals surface area contributed by atoms with Gasteiger partial charge in [-0.2, -0.15) is 5.10 Å². The van der Waals surface area contributed by atoms with Crippen LogP contribution in [0.2, 0.25) is 0 Å². The highest BCUT2D eigenvalue weighted by atomic mass is 32.1. The monoisotopic (exact) mass is 290 g/mol. The lowest BCUT2D eigenvalue weighted by molar-refractivity contribution is -0.129. The zero-order valence-electron chi connectivity index (χ0n) is 11.3. The summed E-state index contributed by atoms with van der Waals surface area (Å²) < 4.78 is 0. The maximum atomic E-state index is 11.9. The second-order valence-corrected chi connectivity index (χ2v) is 5.89. The molecule has 5 nitrogen and oxygen atoms in total. The molecule has 2 aromatic rings. The Kier molecular flexibility index (Phi) is 4.13. The zero-order valence-corrected chi connectivity index (χ0v) is 12.1. The van der Waals surface area contributed by atoms with Gasteiger partial charge in [0.1, 0.15) is 0 Å². The molecule has 6 heteroatoms. The lowest BCUT2D eigenvalue weighted by Gasteiger charge is -2.15. The molecule has 0 aromatic carbocycles. The van der Waals surface area contributed by atoms with Crippen LogP contribution in [-0.4, -0.2) is 40.6 Å². The number of thiophene rings is 1. The van der Waals surface area contributed by atoms with Gasteiger partial charge in [-0.25, -0.2) is 0 Å². The maximum absolute atomic E-state index is 11.9. The van der Waals surface area contributed by atoms with Crippen LogP contribution in [0.5, 0.6) is 0 Å². The smallest absolute Gasteiger partial charge is 0.236 e. The van der Waals surface area contributed by atoms with Crippen LogP contribution in [-0.2, 0) is 11.3 Å². The number of rotatable bonds is 5. The van der Waals surface area contributed by atoms with E-state index in [0.717, 1.165) is 37.2 Å². The molecule has 0 spiro atoms. The molecule has 0 atom stereocenters. The number of nitrogens with zero attached hydrogens (tertiary/aromatic N) is 2. The van der Waals surface area contributed by atoms with Crippen molar-refractivity contribution in [1.82, 2.24) is 20.4 Å². The van der Waals surface area contributed by atoms with Crippen LogP contribution in [0.3, 0.4) is 0 Å². The summed E-state index contributed by atoms with van der Waals surface area (Å²) in [7, 11) is 0. The summed E-state index contributed by atoms with van der Waals surface area (Å²) in [4.78, 5) is 15.0. The van der Waals surface area contributed by atoms with E-state index in [1.807, 2.05) is 22.5 Å². The molecule has 0 aliphatic carbocycles. The van der Waals surface area contributed by atoms with Crippen molar-refractivity contribution in [3.05, 3.63) is 29.3 Å². The van der Waals surface area contributed by atoms with Gasteiger partial charge in [-0.1, -0.05) is 6.07 Å². The highest BCUT2D eigenvalue weighted by molar-refractivity contribution is 7.13. The molecular weight excluding hydrogens is 272 g/mol. The Morgan fingerprint density at radius 1 is 1.45 bits per heavy atom. The Labute approximate surface area is 122 Å². The molecule has 1 amide bonds. The minimum atomic E-state index is 0.198. The summed E-state index contributed by atoms with van der Waals surface area (Å²) in [6, 6.07) is 4.09. The molecule has 1 saturated heterocycles. The summed E-state index contributed by atoms with van der Waals surface area (Å²) in [5.74, 6) is 0.198. The number of nitrogens with one attached hydrogen (secondary N) is 2. The van der Waals surface area contributed by atoms with Crippen molar-refractivity contribution in [2.24, 2.45) is 0 Å². The highest BCUT2D eigenvalue weighted by Crippen LogP contribution is 2.25. The molecule has 3 rings (SSSR count). The topological polar surface area (TPSA) is 61.0 Å². The largest absolute Gasteiger partial charge is 0.342 e. The van der Waals surface area contributed by atoms with Crippen molar-refractivity contribution in [3.8, 4) is 10.6 Å². The molecule has 1 aliphatic rings. The molecule has 1 aliphatic heterocycles. The van der Waals surface area contributed by atoms with Crippen LogP contribution < -0.4 is 5.32 Å². The standard InChI is InChI=1S/C14H18N4OS/c19-13(18-5-1-2-6-18)10-15-8-11-9-16-17-14(11)12-4-3-7-20-12/h3-4,7,9,15H,1-2,5-6,8,10H2,(H,16,17). The van der Waals surface area contributed by atoms with Crippen molar-refractivity contribution < 1.29 is 4.79 Å². The molecule has 2 aromatic heterocycles. The average Bonchev–Trinajstić information content (AvgIpc) is 3.20. The van der Waals surface area contributed by atoms with E-state index in [1.54, 1.807) is 11.3 Å². The van der Waals surface area contributed by atoms with Gasteiger partial charge in [-0.3, -0.25) is 9.89 Å². The molecule has 0 saturated carbocycles. The van der Waals surface area contributed by atoms with E-state index in [2.05, 4.69) is 21.6 Å². The Hall–Kier alpha value is -1.66. The molecule has 3 heterocycles. The Bertz CT molecular complexity index is 558. The third kappa shape index (κ3) is 2.91. The lowest BCUT2D eigenvalue weighted by Crippen LogP contribution is -2.35. The first kappa shape index (κ1) is 13.3. The van der Waals surface area contributed by atoms with E-state index in [-0.39, 0.29) is 5.91 Å². The van der Waals surface area contributed by atoms with Gasteiger partial charge < -0.3 is 10.2 Å². The summed E-state index contributed by atoms with van der Waals surface area (Å²) in [5, 5.41) is 12.4. The van der Waals surface area contributed by atoms with Crippen LogP contribution in [0.1, 0.15) is 18.4 Å². The van der Waals surface area contributed by atoms with Crippen LogP contribution in [0.15, 0.2) is 23.7 Å². The quantitative estimate of drug-likeness (QED) is 0.883. The highest BCUT2D eigenvalue weighted by Gasteiger charge is 2.17. The van der Waals surface area contributed by atoms with Gasteiger partial charge in [0, 0.05) is 25.2 Å². The molecular formula is C14H18N4OS. The molecule has 0 bridgehead atoms. The van der Waals surface area contributed by atoms with Crippen molar-refractivity contribution in [2.75, 3.05) is 19.6 Å². The number of H-pyrrole nitrogens is 1. The van der Waals surface area contributed by atoms with Crippen molar-refractivity contribution in [3.63, 3.8) is 0 Å². The van der Waals surface area contributed by atoms with Gasteiger partial charge in [-0.05, 0) is 24.3 Å². The maximum Gasteiger partial charge on any atom is 0.236 e. The second-order valence-electron chi connectivity index (χ2n) is 4.94. The number of aromatic amines is 1. The third-order valence-electron chi connectivity index (χ3n) is 3.54. The predicted octanol–water partition coefficient (Wildman–Crippen LogP) is 1.85. The molecule has 106 valence electrons. The normalized spacial score (nSPS) is 14.9. The third-order valence-corrected chi connectivity index (χ3v) is 4.42. The second kappa shape index (κ2) is 6.19. The zero-order chi connectivity index (χ0) is 13.8. The fraction of sp³-hybridized carbons (Fsp3) is 0.429. The van der Waals surface area contributed by atoms with Gasteiger partial charge in [-0.15, -0.1) is 11.3 Å². The number of carbonyl (C=O) groups excluding carboxylic acids is 1. The predicted molar refractivity (Wildman–Crippen MR) is 79.4 cm³/mol. The average molecular weight is 290 g/mol. The fourth-order valence-corrected chi connectivity index (χ4v) is 3.22. The van der Waals surface area contributed by atoms with E-state index in [0.29, 0.717) is 13.1 Å². The van der Waals surface area contributed by atoms with Crippen LogP contribution in [0.25, 0.3) is 10.6 Å². The van der Waals surface area contributed by atoms with Crippen LogP contribution in [0, 0.1) is 0 Å². The number of hydrogen-bond acceptors (Lipinski definition) is 4. The van der Waals surface area contributed by atoms with E-state index < -0.39 is 0 Å². The number of aromatic nitrogens is 2. The van der Waals surface area contributed by atoms with Gasteiger partial charge in [0.25, 0.3) is 0 Å². The van der Waals surface area contributed by atoms with Crippen molar-refractivity contribution in [2.45, 2.75) is 19.4 Å². The van der Waals surface area contributed by atoms with Gasteiger partial charge in [0.05, 0.1) is 23.3 Å². The van der Waals surface area contributed by atoms with Gasteiger partial charge in [0.15, 0.2) is 0 Å². The Morgan fingerprint density at radius 3 is 3.05 bits per heavy atom. The molecule has 2 N–H and O–H groups in total. The Morgan fingerprint density at radius 2 is 2.30 bits per heavy atom. The summed E-state index contributed by atoms with van der Waals surface area (Å²) in [5.41, 5.74) is 2.14. The minimum Gasteiger partial charge on any atom is -0.342 e. The molecule has 20 heavy (non-hydrogen) atoms. The molecule has 0 unspecified atom stereocenters. The number of carbonyl (C=O) groups is 1. The van der Waals surface area contributed by atoms with Gasteiger partial charge in [0.2, 0.25) is 5.91 Å². The first-order valence-electron chi connectivity index (χ1n) is 6.89. The van der Waals surface area contributed by atoms with Crippen molar-refractivity contribution >= 4 is 17.2 Å². The summed E-state index contributed by atoms with van der Waals surface area (Å²) in [6.45, 7) is 2.87. The number of amides is 1. The molecule has 1 fully saturated rings.